The molecule has 1 saturated heterocycles. The van der Waals surface area contributed by atoms with Gasteiger partial charge in [-0.3, -0.25) is 0 Å². The minimum absolute atomic E-state index is 0.636. The number of rotatable bonds is 1. The summed E-state index contributed by atoms with van der Waals surface area (Å²) in [5.41, 5.74) is 1.34. The van der Waals surface area contributed by atoms with Gasteiger partial charge < -0.3 is 5.32 Å². The second kappa shape index (κ2) is 4.20. The summed E-state index contributed by atoms with van der Waals surface area (Å²) in [6.07, 6.45) is 4.37. The van der Waals surface area contributed by atoms with E-state index in [2.05, 4.69) is 32.3 Å². The minimum atomic E-state index is 0.636. The predicted octanol–water partition coefficient (Wildman–Crippen LogP) is 2.31. The van der Waals surface area contributed by atoms with Crippen LogP contribution in [0.1, 0.15) is 24.3 Å². The lowest BCUT2D eigenvalue weighted by atomic mass is 9.93. The highest BCUT2D eigenvalue weighted by Gasteiger charge is 2.17. The maximum absolute atomic E-state index is 4.24. The van der Waals surface area contributed by atoms with Gasteiger partial charge in [-0.2, -0.15) is 0 Å². The van der Waals surface area contributed by atoms with Gasteiger partial charge in [-0.1, -0.05) is 6.07 Å². The summed E-state index contributed by atoms with van der Waals surface area (Å²) in [7, 11) is 0. The molecule has 0 aromatic carbocycles. The molecule has 13 heavy (non-hydrogen) atoms. The number of hydrogen-bond donors (Lipinski definition) is 1. The van der Waals surface area contributed by atoms with Crippen LogP contribution in [0.25, 0.3) is 0 Å². The van der Waals surface area contributed by atoms with Crippen LogP contribution < -0.4 is 5.32 Å². The molecule has 0 bridgehead atoms. The average molecular weight is 241 g/mol. The van der Waals surface area contributed by atoms with Crippen LogP contribution >= 0.6 is 15.9 Å². The molecule has 3 heteroatoms. The lowest BCUT2D eigenvalue weighted by Gasteiger charge is -2.23. The molecule has 1 N–H and O–H groups in total. The zero-order chi connectivity index (χ0) is 9.10. The second-order valence-electron chi connectivity index (χ2n) is 3.43. The number of hydrogen-bond acceptors (Lipinski definition) is 2. The Balaban J connectivity index is 2.18. The Hall–Kier alpha value is -0.410. The summed E-state index contributed by atoms with van der Waals surface area (Å²) in [6.45, 7) is 2.25. The van der Waals surface area contributed by atoms with Crippen molar-refractivity contribution >= 4 is 15.9 Å². The molecule has 0 saturated carbocycles. The standard InChI is InChI=1S/C10H13BrN2/c11-10-9(4-2-6-13-10)8-3-1-5-12-7-8/h2,4,6,8,12H,1,3,5,7H2. The highest BCUT2D eigenvalue weighted by atomic mass is 79.9. The van der Waals surface area contributed by atoms with Crippen LogP contribution in [0, 0.1) is 0 Å². The van der Waals surface area contributed by atoms with Crippen LogP contribution in [0.3, 0.4) is 0 Å². The molecule has 2 rings (SSSR count). The third kappa shape index (κ3) is 2.09. The van der Waals surface area contributed by atoms with Crippen molar-refractivity contribution < 1.29 is 0 Å². The van der Waals surface area contributed by atoms with Crippen molar-refractivity contribution in [3.05, 3.63) is 28.5 Å². The largest absolute Gasteiger partial charge is 0.316 e. The van der Waals surface area contributed by atoms with E-state index < -0.39 is 0 Å². The molecule has 1 unspecified atom stereocenters. The number of nitrogens with one attached hydrogen (secondary N) is 1. The van der Waals surface area contributed by atoms with Crippen molar-refractivity contribution in [2.75, 3.05) is 13.1 Å². The van der Waals surface area contributed by atoms with E-state index in [0.717, 1.165) is 17.7 Å². The third-order valence-electron chi connectivity index (χ3n) is 2.52. The fraction of sp³-hybridized carbons (Fsp3) is 0.500. The van der Waals surface area contributed by atoms with Gasteiger partial charge in [-0.15, -0.1) is 0 Å². The maximum Gasteiger partial charge on any atom is 0.109 e. The Morgan fingerprint density at radius 3 is 3.15 bits per heavy atom. The second-order valence-corrected chi connectivity index (χ2v) is 4.18. The lowest BCUT2D eigenvalue weighted by molar-refractivity contribution is 0.459. The lowest BCUT2D eigenvalue weighted by Crippen LogP contribution is -2.28. The Labute approximate surface area is 86.9 Å². The highest BCUT2D eigenvalue weighted by molar-refractivity contribution is 9.10. The topological polar surface area (TPSA) is 24.9 Å². The summed E-state index contributed by atoms with van der Waals surface area (Å²) in [4.78, 5) is 4.24. The van der Waals surface area contributed by atoms with Gasteiger partial charge in [0.1, 0.15) is 4.60 Å². The quantitative estimate of drug-likeness (QED) is 0.763. The summed E-state index contributed by atoms with van der Waals surface area (Å²) < 4.78 is 1.00. The molecule has 1 aromatic heterocycles. The zero-order valence-corrected chi connectivity index (χ0v) is 9.05. The number of pyridine rings is 1. The fourth-order valence-corrected chi connectivity index (χ4v) is 2.39. The minimum Gasteiger partial charge on any atom is -0.316 e. The van der Waals surface area contributed by atoms with Crippen molar-refractivity contribution in [1.82, 2.24) is 10.3 Å². The predicted molar refractivity (Wildman–Crippen MR) is 56.8 cm³/mol. The molecular weight excluding hydrogens is 228 g/mol. The number of aromatic nitrogens is 1. The molecule has 2 heterocycles. The third-order valence-corrected chi connectivity index (χ3v) is 3.19. The summed E-state index contributed by atoms with van der Waals surface area (Å²) in [6, 6.07) is 4.17. The van der Waals surface area contributed by atoms with Crippen LogP contribution in [0.5, 0.6) is 0 Å². The van der Waals surface area contributed by atoms with Crippen molar-refractivity contribution in [2.45, 2.75) is 18.8 Å². The highest BCUT2D eigenvalue weighted by Crippen LogP contribution is 2.27. The van der Waals surface area contributed by atoms with E-state index in [9.17, 15) is 0 Å². The van der Waals surface area contributed by atoms with Crippen LogP contribution in [0.15, 0.2) is 22.9 Å². The van der Waals surface area contributed by atoms with Crippen LogP contribution in [0.2, 0.25) is 0 Å². The van der Waals surface area contributed by atoms with Gasteiger partial charge >= 0.3 is 0 Å². The van der Waals surface area contributed by atoms with Gasteiger partial charge in [-0.25, -0.2) is 4.98 Å². The van der Waals surface area contributed by atoms with E-state index >= 15 is 0 Å². The molecule has 1 aliphatic rings. The molecule has 1 atom stereocenters. The van der Waals surface area contributed by atoms with Crippen LogP contribution in [-0.4, -0.2) is 18.1 Å². The monoisotopic (exact) mass is 240 g/mol. The first kappa shape index (κ1) is 9.16. The van der Waals surface area contributed by atoms with Gasteiger partial charge in [0.15, 0.2) is 0 Å². The smallest absolute Gasteiger partial charge is 0.109 e. The number of piperidine rings is 1. The Morgan fingerprint density at radius 1 is 1.54 bits per heavy atom. The van der Waals surface area contributed by atoms with Gasteiger partial charge in [0.05, 0.1) is 0 Å². The molecule has 2 nitrogen and oxygen atoms in total. The molecule has 70 valence electrons. The zero-order valence-electron chi connectivity index (χ0n) is 7.46. The van der Waals surface area contributed by atoms with Gasteiger partial charge in [0.2, 0.25) is 0 Å². The van der Waals surface area contributed by atoms with Gasteiger partial charge in [-0.05, 0) is 52.9 Å². The van der Waals surface area contributed by atoms with E-state index in [4.69, 9.17) is 0 Å². The Bertz CT molecular complexity index is 282. The molecule has 1 fully saturated rings. The first-order chi connectivity index (χ1) is 6.38. The summed E-state index contributed by atoms with van der Waals surface area (Å²) in [5, 5.41) is 3.41. The number of halogens is 1. The van der Waals surface area contributed by atoms with Crippen LogP contribution in [0.4, 0.5) is 0 Å². The van der Waals surface area contributed by atoms with E-state index in [-0.39, 0.29) is 0 Å². The van der Waals surface area contributed by atoms with Crippen molar-refractivity contribution in [3.8, 4) is 0 Å². The Kier molecular flexibility index (Phi) is 2.96. The van der Waals surface area contributed by atoms with Crippen molar-refractivity contribution in [1.29, 1.82) is 0 Å². The van der Waals surface area contributed by atoms with Crippen molar-refractivity contribution in [3.63, 3.8) is 0 Å². The Morgan fingerprint density at radius 2 is 2.46 bits per heavy atom. The summed E-state index contributed by atoms with van der Waals surface area (Å²) >= 11 is 3.49. The molecule has 1 aromatic rings. The molecule has 0 radical (unpaired) electrons. The molecular formula is C10H13BrN2. The average Bonchev–Trinajstić information content (AvgIpc) is 2.20. The van der Waals surface area contributed by atoms with E-state index in [1.165, 1.54) is 18.4 Å². The fourth-order valence-electron chi connectivity index (χ4n) is 1.82. The number of nitrogens with zero attached hydrogens (tertiary/aromatic N) is 1. The van der Waals surface area contributed by atoms with E-state index in [0.29, 0.717) is 5.92 Å². The van der Waals surface area contributed by atoms with Gasteiger partial charge in [0, 0.05) is 12.7 Å². The normalized spacial score (nSPS) is 23.0. The molecule has 0 spiro atoms. The molecule has 1 aliphatic heterocycles. The SMILES string of the molecule is Brc1ncccc1C1CCCNC1. The molecule has 0 aliphatic carbocycles. The van der Waals surface area contributed by atoms with E-state index in [1.807, 2.05) is 12.3 Å². The van der Waals surface area contributed by atoms with Gasteiger partial charge in [0.25, 0.3) is 0 Å². The first-order valence-corrected chi connectivity index (χ1v) is 5.48. The maximum atomic E-state index is 4.24. The van der Waals surface area contributed by atoms with Crippen molar-refractivity contribution in [2.24, 2.45) is 0 Å². The van der Waals surface area contributed by atoms with Crippen LogP contribution in [-0.2, 0) is 0 Å². The summed E-state index contributed by atoms with van der Waals surface area (Å²) in [5.74, 6) is 0.636. The van der Waals surface area contributed by atoms with E-state index in [1.54, 1.807) is 0 Å². The first-order valence-electron chi connectivity index (χ1n) is 4.69. The molecule has 0 amide bonds.